The van der Waals surface area contributed by atoms with Gasteiger partial charge in [-0.2, -0.15) is 0 Å². The second-order valence-corrected chi connectivity index (χ2v) is 9.72. The molecule has 34 heavy (non-hydrogen) atoms. The van der Waals surface area contributed by atoms with E-state index in [4.69, 9.17) is 0 Å². The Morgan fingerprint density at radius 3 is 1.35 bits per heavy atom. The molecule has 0 amide bonds. The molecule has 2 heteroatoms. The minimum atomic E-state index is -0.0270. The standard InChI is InChI=1S/C32H34N2/c1-24-14-18-26(19-15-24)33-30-12-6-4-10-28(30)32(22-8-3-9-23-32)29-11-5-7-13-31(29)34-27-20-16-25(2)17-21-27/h4-7,10-21,33-34H,3,8-9,22-23H2,1-2H3. The summed E-state index contributed by atoms with van der Waals surface area (Å²) >= 11 is 0. The summed E-state index contributed by atoms with van der Waals surface area (Å²) in [6.45, 7) is 4.26. The lowest BCUT2D eigenvalue weighted by Crippen LogP contribution is -2.32. The van der Waals surface area contributed by atoms with Crippen molar-refractivity contribution in [3.05, 3.63) is 119 Å². The molecule has 0 unspecified atom stereocenters. The summed E-state index contributed by atoms with van der Waals surface area (Å²) in [6.07, 6.45) is 6.12. The lowest BCUT2D eigenvalue weighted by molar-refractivity contribution is 0.348. The normalized spacial score (nSPS) is 15.0. The minimum absolute atomic E-state index is 0.0270. The maximum atomic E-state index is 3.75. The number of para-hydroxylation sites is 2. The van der Waals surface area contributed by atoms with Crippen molar-refractivity contribution in [1.29, 1.82) is 0 Å². The summed E-state index contributed by atoms with van der Waals surface area (Å²) in [7, 11) is 0. The molecular formula is C32H34N2. The third-order valence-electron chi connectivity index (χ3n) is 7.25. The minimum Gasteiger partial charge on any atom is -0.355 e. The number of hydrogen-bond donors (Lipinski definition) is 2. The Morgan fingerprint density at radius 1 is 0.500 bits per heavy atom. The molecule has 172 valence electrons. The molecule has 1 aliphatic rings. The first-order chi connectivity index (χ1) is 16.6. The SMILES string of the molecule is Cc1ccc(Nc2ccccc2C2(c3ccccc3Nc3ccc(C)cc3)CCCCC2)cc1. The van der Waals surface area contributed by atoms with E-state index in [9.17, 15) is 0 Å². The van der Waals surface area contributed by atoms with Crippen LogP contribution >= 0.6 is 0 Å². The quantitative estimate of drug-likeness (QED) is 0.309. The number of nitrogens with one attached hydrogen (secondary N) is 2. The van der Waals surface area contributed by atoms with Crippen molar-refractivity contribution in [3.8, 4) is 0 Å². The van der Waals surface area contributed by atoms with E-state index in [-0.39, 0.29) is 5.41 Å². The molecule has 0 spiro atoms. The van der Waals surface area contributed by atoms with Gasteiger partial charge in [-0.15, -0.1) is 0 Å². The molecule has 4 aromatic rings. The Kier molecular flexibility index (Phi) is 6.40. The highest BCUT2D eigenvalue weighted by Crippen LogP contribution is 2.50. The second kappa shape index (κ2) is 9.77. The first-order valence-corrected chi connectivity index (χ1v) is 12.5. The van der Waals surface area contributed by atoms with Crippen molar-refractivity contribution >= 4 is 22.7 Å². The highest BCUT2D eigenvalue weighted by atomic mass is 14.9. The molecule has 0 bridgehead atoms. The highest BCUT2D eigenvalue weighted by molar-refractivity contribution is 5.71. The molecule has 0 aromatic heterocycles. The van der Waals surface area contributed by atoms with Crippen LogP contribution in [0, 0.1) is 13.8 Å². The topological polar surface area (TPSA) is 24.1 Å². The van der Waals surface area contributed by atoms with Gasteiger partial charge < -0.3 is 10.6 Å². The molecule has 0 atom stereocenters. The lowest BCUT2D eigenvalue weighted by Gasteiger charge is -2.41. The van der Waals surface area contributed by atoms with Crippen LogP contribution in [-0.2, 0) is 5.41 Å². The maximum Gasteiger partial charge on any atom is 0.0425 e. The van der Waals surface area contributed by atoms with Crippen LogP contribution in [0.25, 0.3) is 0 Å². The fourth-order valence-electron chi connectivity index (χ4n) is 5.44. The van der Waals surface area contributed by atoms with Crippen LogP contribution < -0.4 is 10.6 Å². The molecule has 2 nitrogen and oxygen atoms in total. The van der Waals surface area contributed by atoms with Crippen molar-refractivity contribution in [2.45, 2.75) is 51.4 Å². The van der Waals surface area contributed by atoms with Crippen molar-refractivity contribution in [3.63, 3.8) is 0 Å². The molecule has 2 N–H and O–H groups in total. The van der Waals surface area contributed by atoms with Gasteiger partial charge in [0.25, 0.3) is 0 Å². The van der Waals surface area contributed by atoms with Gasteiger partial charge in [0.15, 0.2) is 0 Å². The van der Waals surface area contributed by atoms with Gasteiger partial charge in [-0.05, 0) is 74.2 Å². The van der Waals surface area contributed by atoms with Crippen LogP contribution in [0.1, 0.15) is 54.4 Å². The van der Waals surface area contributed by atoms with E-state index in [2.05, 4.69) is 122 Å². The summed E-state index contributed by atoms with van der Waals surface area (Å²) in [5.41, 5.74) is 10.0. The predicted molar refractivity (Wildman–Crippen MR) is 146 cm³/mol. The smallest absolute Gasteiger partial charge is 0.0425 e. The van der Waals surface area contributed by atoms with E-state index >= 15 is 0 Å². The summed E-state index contributed by atoms with van der Waals surface area (Å²) < 4.78 is 0. The molecule has 0 aliphatic heterocycles. The van der Waals surface area contributed by atoms with Gasteiger partial charge in [0.2, 0.25) is 0 Å². The molecule has 0 radical (unpaired) electrons. The molecule has 4 aromatic carbocycles. The molecule has 1 saturated carbocycles. The van der Waals surface area contributed by atoms with Crippen LogP contribution in [0.5, 0.6) is 0 Å². The number of rotatable bonds is 6. The predicted octanol–water partition coefficient (Wildman–Crippen LogP) is 9.04. The van der Waals surface area contributed by atoms with E-state index in [1.54, 1.807) is 0 Å². The lowest BCUT2D eigenvalue weighted by atomic mass is 9.64. The fourth-order valence-corrected chi connectivity index (χ4v) is 5.44. The van der Waals surface area contributed by atoms with Crippen LogP contribution in [0.4, 0.5) is 22.7 Å². The molecule has 0 saturated heterocycles. The summed E-state index contributed by atoms with van der Waals surface area (Å²) in [6, 6.07) is 35.2. The van der Waals surface area contributed by atoms with E-state index in [1.807, 2.05) is 0 Å². The van der Waals surface area contributed by atoms with Crippen molar-refractivity contribution in [1.82, 2.24) is 0 Å². The van der Waals surface area contributed by atoms with Crippen LogP contribution in [0.3, 0.4) is 0 Å². The van der Waals surface area contributed by atoms with E-state index < -0.39 is 0 Å². The first-order valence-electron chi connectivity index (χ1n) is 12.5. The number of hydrogen-bond acceptors (Lipinski definition) is 2. The van der Waals surface area contributed by atoms with Gasteiger partial charge >= 0.3 is 0 Å². The van der Waals surface area contributed by atoms with Gasteiger partial charge in [0, 0.05) is 28.2 Å². The van der Waals surface area contributed by atoms with E-state index in [0.29, 0.717) is 0 Å². The summed E-state index contributed by atoms with van der Waals surface area (Å²) in [4.78, 5) is 0. The maximum absolute atomic E-state index is 3.75. The zero-order valence-electron chi connectivity index (χ0n) is 20.3. The molecule has 1 fully saturated rings. The van der Waals surface area contributed by atoms with Gasteiger partial charge in [-0.1, -0.05) is 91.1 Å². The van der Waals surface area contributed by atoms with E-state index in [0.717, 1.165) is 24.2 Å². The van der Waals surface area contributed by atoms with Gasteiger partial charge in [0.05, 0.1) is 0 Å². The van der Waals surface area contributed by atoms with Crippen molar-refractivity contribution in [2.24, 2.45) is 0 Å². The Morgan fingerprint density at radius 2 is 0.912 bits per heavy atom. The van der Waals surface area contributed by atoms with Gasteiger partial charge in [-0.25, -0.2) is 0 Å². The van der Waals surface area contributed by atoms with Crippen LogP contribution in [-0.4, -0.2) is 0 Å². The van der Waals surface area contributed by atoms with Crippen LogP contribution in [0.2, 0.25) is 0 Å². The zero-order valence-corrected chi connectivity index (χ0v) is 20.3. The van der Waals surface area contributed by atoms with E-state index in [1.165, 1.54) is 52.9 Å². The largest absolute Gasteiger partial charge is 0.355 e. The summed E-state index contributed by atoms with van der Waals surface area (Å²) in [5.74, 6) is 0. The van der Waals surface area contributed by atoms with Crippen molar-refractivity contribution in [2.75, 3.05) is 10.6 Å². The fraction of sp³-hybridized carbons (Fsp3) is 0.250. The molecule has 0 heterocycles. The average Bonchev–Trinajstić information content (AvgIpc) is 2.88. The number of benzene rings is 4. The number of aryl methyl sites for hydroxylation is 2. The van der Waals surface area contributed by atoms with Crippen LogP contribution in [0.15, 0.2) is 97.1 Å². The highest BCUT2D eigenvalue weighted by Gasteiger charge is 2.39. The molecule has 5 rings (SSSR count). The Labute approximate surface area is 204 Å². The third kappa shape index (κ3) is 4.59. The Hall–Kier alpha value is -3.52. The zero-order chi connectivity index (χ0) is 23.4. The Balaban J connectivity index is 1.59. The van der Waals surface area contributed by atoms with Gasteiger partial charge in [-0.3, -0.25) is 0 Å². The monoisotopic (exact) mass is 446 g/mol. The second-order valence-electron chi connectivity index (χ2n) is 9.72. The molecule has 1 aliphatic carbocycles. The third-order valence-corrected chi connectivity index (χ3v) is 7.25. The average molecular weight is 447 g/mol. The molecular weight excluding hydrogens is 412 g/mol. The van der Waals surface area contributed by atoms with Crippen molar-refractivity contribution < 1.29 is 0 Å². The first kappa shape index (κ1) is 22.3. The summed E-state index contributed by atoms with van der Waals surface area (Å²) in [5, 5.41) is 7.49. The number of anilines is 4. The Bertz CT molecular complexity index is 1140. The van der Waals surface area contributed by atoms with Gasteiger partial charge in [0.1, 0.15) is 0 Å².